The molecule has 3 aromatic rings. The molecule has 1 atom stereocenters. The molecule has 0 radical (unpaired) electrons. The van der Waals surface area contributed by atoms with Gasteiger partial charge in [-0.2, -0.15) is 5.10 Å². The van der Waals surface area contributed by atoms with Gasteiger partial charge in [-0.1, -0.05) is 0 Å². The van der Waals surface area contributed by atoms with Crippen LogP contribution < -0.4 is 0 Å². The topological polar surface area (TPSA) is 55.4 Å². The second-order valence-electron chi connectivity index (χ2n) is 6.11. The smallest absolute Gasteiger partial charge is 0.257 e. The van der Waals surface area contributed by atoms with E-state index in [0.717, 1.165) is 37.1 Å². The Morgan fingerprint density at radius 2 is 2.30 bits per heavy atom. The molecule has 0 spiro atoms. The Morgan fingerprint density at radius 1 is 1.39 bits per heavy atom. The van der Waals surface area contributed by atoms with E-state index in [9.17, 15) is 4.79 Å². The molecular formula is C17H19N5O. The fourth-order valence-electron chi connectivity index (χ4n) is 3.35. The third-order valence-corrected chi connectivity index (χ3v) is 4.45. The molecule has 0 aromatic carbocycles. The SMILES string of the molecule is Cc1cnn(C[C@H]2CCCN2C(=O)c2cccn3ccnc23)c1. The van der Waals surface area contributed by atoms with Crippen LogP contribution in [0.2, 0.25) is 0 Å². The lowest BCUT2D eigenvalue weighted by Crippen LogP contribution is -2.38. The first-order valence-electron chi connectivity index (χ1n) is 7.94. The van der Waals surface area contributed by atoms with E-state index in [4.69, 9.17) is 0 Å². The van der Waals surface area contributed by atoms with Crippen molar-refractivity contribution in [2.75, 3.05) is 6.54 Å². The van der Waals surface area contributed by atoms with Crippen molar-refractivity contribution in [1.29, 1.82) is 0 Å². The number of amides is 1. The first kappa shape index (κ1) is 14.0. The van der Waals surface area contributed by atoms with Gasteiger partial charge in [0.05, 0.1) is 24.3 Å². The number of pyridine rings is 1. The van der Waals surface area contributed by atoms with E-state index in [1.807, 2.05) is 57.8 Å². The summed E-state index contributed by atoms with van der Waals surface area (Å²) in [4.78, 5) is 19.3. The predicted molar refractivity (Wildman–Crippen MR) is 86.2 cm³/mol. The number of aryl methyl sites for hydroxylation is 1. The van der Waals surface area contributed by atoms with E-state index in [2.05, 4.69) is 10.1 Å². The van der Waals surface area contributed by atoms with E-state index in [-0.39, 0.29) is 11.9 Å². The summed E-state index contributed by atoms with van der Waals surface area (Å²) in [6.07, 6.45) is 11.4. The minimum Gasteiger partial charge on any atom is -0.334 e. The van der Waals surface area contributed by atoms with Gasteiger partial charge in [0, 0.05) is 31.3 Å². The number of imidazole rings is 1. The Morgan fingerprint density at radius 3 is 3.13 bits per heavy atom. The van der Waals surface area contributed by atoms with Crippen molar-refractivity contribution in [1.82, 2.24) is 24.1 Å². The number of rotatable bonds is 3. The van der Waals surface area contributed by atoms with Crippen molar-refractivity contribution in [3.05, 3.63) is 54.2 Å². The minimum absolute atomic E-state index is 0.0631. The summed E-state index contributed by atoms with van der Waals surface area (Å²) in [6.45, 7) is 3.57. The highest BCUT2D eigenvalue weighted by atomic mass is 16.2. The number of nitrogens with zero attached hydrogens (tertiary/aromatic N) is 5. The van der Waals surface area contributed by atoms with Crippen LogP contribution in [0, 0.1) is 6.92 Å². The molecule has 1 fully saturated rings. The lowest BCUT2D eigenvalue weighted by atomic mass is 10.2. The van der Waals surface area contributed by atoms with Crippen molar-refractivity contribution >= 4 is 11.6 Å². The van der Waals surface area contributed by atoms with Crippen LogP contribution in [0.5, 0.6) is 0 Å². The van der Waals surface area contributed by atoms with E-state index in [1.165, 1.54) is 0 Å². The zero-order chi connectivity index (χ0) is 15.8. The molecular weight excluding hydrogens is 290 g/mol. The van der Waals surface area contributed by atoms with Gasteiger partial charge in [-0.25, -0.2) is 4.98 Å². The largest absolute Gasteiger partial charge is 0.334 e. The van der Waals surface area contributed by atoms with Crippen molar-refractivity contribution in [3.8, 4) is 0 Å². The second kappa shape index (κ2) is 5.53. The molecule has 0 unspecified atom stereocenters. The molecule has 118 valence electrons. The van der Waals surface area contributed by atoms with Gasteiger partial charge in [0.2, 0.25) is 0 Å². The highest BCUT2D eigenvalue weighted by molar-refractivity contribution is 6.00. The molecule has 0 aliphatic carbocycles. The molecule has 1 aliphatic heterocycles. The molecule has 4 heterocycles. The molecule has 1 amide bonds. The standard InChI is InChI=1S/C17H19N5O/c1-13-10-19-21(11-13)12-14-4-2-8-22(14)17(23)15-5-3-7-20-9-6-18-16(15)20/h3,5-7,9-11,14H,2,4,8,12H2,1H3/t14-/m1/s1. The molecule has 1 aliphatic rings. The van der Waals surface area contributed by atoms with Gasteiger partial charge in [0.25, 0.3) is 5.91 Å². The summed E-state index contributed by atoms with van der Waals surface area (Å²) in [7, 11) is 0. The van der Waals surface area contributed by atoms with Gasteiger partial charge in [-0.3, -0.25) is 9.48 Å². The summed E-state index contributed by atoms with van der Waals surface area (Å²) in [6, 6.07) is 3.94. The molecule has 1 saturated heterocycles. The lowest BCUT2D eigenvalue weighted by molar-refractivity contribution is 0.0723. The van der Waals surface area contributed by atoms with Crippen LogP contribution in [0.15, 0.2) is 43.1 Å². The van der Waals surface area contributed by atoms with Crippen LogP contribution in [-0.2, 0) is 6.54 Å². The fraction of sp³-hybridized carbons (Fsp3) is 0.353. The number of hydrogen-bond acceptors (Lipinski definition) is 3. The van der Waals surface area contributed by atoms with Gasteiger partial charge in [-0.15, -0.1) is 0 Å². The summed E-state index contributed by atoms with van der Waals surface area (Å²) in [5, 5.41) is 4.35. The van der Waals surface area contributed by atoms with E-state index in [0.29, 0.717) is 5.56 Å². The van der Waals surface area contributed by atoms with E-state index >= 15 is 0 Å². The van der Waals surface area contributed by atoms with Crippen LogP contribution in [0.4, 0.5) is 0 Å². The van der Waals surface area contributed by atoms with Crippen LogP contribution in [-0.4, -0.2) is 42.6 Å². The maximum absolute atomic E-state index is 13.0. The van der Waals surface area contributed by atoms with Crippen molar-refractivity contribution in [3.63, 3.8) is 0 Å². The molecule has 23 heavy (non-hydrogen) atoms. The van der Waals surface area contributed by atoms with Gasteiger partial charge >= 0.3 is 0 Å². The molecule has 0 bridgehead atoms. The summed E-state index contributed by atoms with van der Waals surface area (Å²) < 4.78 is 3.82. The Balaban J connectivity index is 1.60. The number of carbonyl (C=O) groups excluding carboxylic acids is 1. The molecule has 6 nitrogen and oxygen atoms in total. The third-order valence-electron chi connectivity index (χ3n) is 4.45. The van der Waals surface area contributed by atoms with Crippen LogP contribution in [0.3, 0.4) is 0 Å². The number of aromatic nitrogens is 4. The van der Waals surface area contributed by atoms with Crippen molar-refractivity contribution in [2.24, 2.45) is 0 Å². The molecule has 4 rings (SSSR count). The second-order valence-corrected chi connectivity index (χ2v) is 6.11. The summed E-state index contributed by atoms with van der Waals surface area (Å²) in [5.41, 5.74) is 2.53. The fourth-order valence-corrected chi connectivity index (χ4v) is 3.35. The number of hydrogen-bond donors (Lipinski definition) is 0. The van der Waals surface area contributed by atoms with Crippen LogP contribution in [0.1, 0.15) is 28.8 Å². The van der Waals surface area contributed by atoms with Gasteiger partial charge in [0.15, 0.2) is 0 Å². The number of likely N-dealkylation sites (tertiary alicyclic amines) is 1. The average Bonchev–Trinajstić information content (AvgIpc) is 3.27. The maximum atomic E-state index is 13.0. The highest BCUT2D eigenvalue weighted by Crippen LogP contribution is 2.23. The Kier molecular flexibility index (Phi) is 3.37. The lowest BCUT2D eigenvalue weighted by Gasteiger charge is -2.25. The molecule has 3 aromatic heterocycles. The van der Waals surface area contributed by atoms with Gasteiger partial charge in [0.1, 0.15) is 5.65 Å². The highest BCUT2D eigenvalue weighted by Gasteiger charge is 2.31. The molecule has 0 saturated carbocycles. The third kappa shape index (κ3) is 2.50. The van der Waals surface area contributed by atoms with E-state index < -0.39 is 0 Å². The maximum Gasteiger partial charge on any atom is 0.257 e. The monoisotopic (exact) mass is 309 g/mol. The Hall–Kier alpha value is -2.63. The van der Waals surface area contributed by atoms with Crippen molar-refractivity contribution in [2.45, 2.75) is 32.4 Å². The Bertz CT molecular complexity index is 849. The zero-order valence-electron chi connectivity index (χ0n) is 13.1. The molecule has 0 N–H and O–H groups in total. The first-order valence-corrected chi connectivity index (χ1v) is 7.94. The minimum atomic E-state index is 0.0631. The van der Waals surface area contributed by atoms with Crippen LogP contribution >= 0.6 is 0 Å². The quantitative estimate of drug-likeness (QED) is 0.745. The molecule has 6 heteroatoms. The Labute approximate surface area is 134 Å². The van der Waals surface area contributed by atoms with Crippen LogP contribution in [0.25, 0.3) is 5.65 Å². The summed E-state index contributed by atoms with van der Waals surface area (Å²) in [5.74, 6) is 0.0631. The number of carbonyl (C=O) groups is 1. The number of fused-ring (bicyclic) bond motifs is 1. The first-order chi connectivity index (χ1) is 11.2. The normalized spacial score (nSPS) is 18.0. The van der Waals surface area contributed by atoms with E-state index in [1.54, 1.807) is 6.20 Å². The average molecular weight is 309 g/mol. The summed E-state index contributed by atoms with van der Waals surface area (Å²) >= 11 is 0. The van der Waals surface area contributed by atoms with Crippen molar-refractivity contribution < 1.29 is 4.79 Å². The van der Waals surface area contributed by atoms with Gasteiger partial charge < -0.3 is 9.30 Å². The van der Waals surface area contributed by atoms with Gasteiger partial charge in [-0.05, 0) is 37.5 Å². The predicted octanol–water partition coefficient (Wildman–Crippen LogP) is 2.14. The zero-order valence-corrected chi connectivity index (χ0v) is 13.1.